The van der Waals surface area contributed by atoms with Crippen molar-refractivity contribution in [1.29, 1.82) is 0 Å². The number of hydrogen-bond donors (Lipinski definition) is 3. The minimum atomic E-state index is -0.815. The standard InChI is InChI=1S/C13H23N3O4/c17-11(18)13(2-3-13)10-15-12(19)14-4-1-5-16-6-8-20-9-7-16/h1-10H2,(H,17,18)(H2,14,15,19). The van der Waals surface area contributed by atoms with Gasteiger partial charge < -0.3 is 20.5 Å². The normalized spacial score (nSPS) is 21.2. The Bertz CT molecular complexity index is 352. The van der Waals surface area contributed by atoms with Gasteiger partial charge in [0, 0.05) is 26.2 Å². The molecule has 0 spiro atoms. The molecule has 7 heteroatoms. The van der Waals surface area contributed by atoms with Crippen LogP contribution in [0.25, 0.3) is 0 Å². The molecule has 20 heavy (non-hydrogen) atoms. The number of urea groups is 1. The van der Waals surface area contributed by atoms with E-state index in [9.17, 15) is 9.59 Å². The van der Waals surface area contributed by atoms with Gasteiger partial charge >= 0.3 is 12.0 Å². The zero-order chi connectivity index (χ0) is 14.4. The van der Waals surface area contributed by atoms with Crippen molar-refractivity contribution < 1.29 is 19.4 Å². The summed E-state index contributed by atoms with van der Waals surface area (Å²) in [6, 6.07) is -0.278. The molecule has 1 aliphatic heterocycles. The van der Waals surface area contributed by atoms with Crippen LogP contribution < -0.4 is 10.6 Å². The van der Waals surface area contributed by atoms with Gasteiger partial charge in [0.2, 0.25) is 0 Å². The molecule has 114 valence electrons. The number of amides is 2. The van der Waals surface area contributed by atoms with E-state index in [0.717, 1.165) is 39.3 Å². The van der Waals surface area contributed by atoms with Gasteiger partial charge in [0.1, 0.15) is 0 Å². The lowest BCUT2D eigenvalue weighted by molar-refractivity contribution is -0.143. The van der Waals surface area contributed by atoms with Crippen molar-refractivity contribution in [2.75, 3.05) is 45.9 Å². The average Bonchev–Trinajstić information content (AvgIpc) is 3.24. The summed E-state index contributed by atoms with van der Waals surface area (Å²) in [5.74, 6) is -0.815. The van der Waals surface area contributed by atoms with Crippen molar-refractivity contribution in [3.8, 4) is 0 Å². The lowest BCUT2D eigenvalue weighted by Gasteiger charge is -2.26. The van der Waals surface area contributed by atoms with E-state index in [2.05, 4.69) is 15.5 Å². The number of aliphatic carboxylic acids is 1. The zero-order valence-corrected chi connectivity index (χ0v) is 11.7. The fraction of sp³-hybridized carbons (Fsp3) is 0.846. The number of carboxylic acids is 1. The molecule has 0 aromatic rings. The Labute approximate surface area is 118 Å². The molecule has 0 unspecified atom stereocenters. The fourth-order valence-electron chi connectivity index (χ4n) is 2.26. The molecule has 2 fully saturated rings. The highest BCUT2D eigenvalue weighted by atomic mass is 16.5. The maximum atomic E-state index is 11.5. The Hall–Kier alpha value is -1.34. The van der Waals surface area contributed by atoms with Gasteiger partial charge in [0.25, 0.3) is 0 Å². The monoisotopic (exact) mass is 285 g/mol. The highest BCUT2D eigenvalue weighted by molar-refractivity contribution is 5.80. The van der Waals surface area contributed by atoms with Crippen LogP contribution in [-0.2, 0) is 9.53 Å². The minimum Gasteiger partial charge on any atom is -0.481 e. The van der Waals surface area contributed by atoms with Crippen molar-refractivity contribution in [3.63, 3.8) is 0 Å². The van der Waals surface area contributed by atoms with Crippen LogP contribution in [0.15, 0.2) is 0 Å². The number of hydrogen-bond acceptors (Lipinski definition) is 4. The Kier molecular flexibility index (Phi) is 5.19. The van der Waals surface area contributed by atoms with Crippen LogP contribution in [0.4, 0.5) is 4.79 Å². The van der Waals surface area contributed by atoms with Crippen molar-refractivity contribution in [1.82, 2.24) is 15.5 Å². The van der Waals surface area contributed by atoms with Crippen LogP contribution in [0.5, 0.6) is 0 Å². The van der Waals surface area contributed by atoms with Gasteiger partial charge in [-0.05, 0) is 25.8 Å². The third-order valence-corrected chi connectivity index (χ3v) is 3.93. The Balaban J connectivity index is 1.51. The van der Waals surface area contributed by atoms with Crippen LogP contribution in [0.3, 0.4) is 0 Å². The van der Waals surface area contributed by atoms with Gasteiger partial charge in [0.15, 0.2) is 0 Å². The van der Waals surface area contributed by atoms with Gasteiger partial charge in [-0.2, -0.15) is 0 Å². The quantitative estimate of drug-likeness (QED) is 0.567. The molecular weight excluding hydrogens is 262 g/mol. The summed E-state index contributed by atoms with van der Waals surface area (Å²) in [5.41, 5.74) is -0.703. The molecule has 2 amide bonds. The first-order chi connectivity index (χ1) is 9.62. The fourth-order valence-corrected chi connectivity index (χ4v) is 2.26. The third-order valence-electron chi connectivity index (χ3n) is 3.93. The second-order valence-corrected chi connectivity index (χ2v) is 5.50. The molecule has 2 rings (SSSR count). The van der Waals surface area contributed by atoms with Crippen LogP contribution in [0, 0.1) is 5.41 Å². The summed E-state index contributed by atoms with van der Waals surface area (Å²) in [6.45, 7) is 5.24. The molecule has 1 saturated heterocycles. The van der Waals surface area contributed by atoms with Crippen molar-refractivity contribution in [2.24, 2.45) is 5.41 Å². The number of morpholine rings is 1. The minimum absolute atomic E-state index is 0.220. The van der Waals surface area contributed by atoms with E-state index < -0.39 is 11.4 Å². The maximum absolute atomic E-state index is 11.5. The van der Waals surface area contributed by atoms with Gasteiger partial charge in [-0.3, -0.25) is 9.69 Å². The topological polar surface area (TPSA) is 90.9 Å². The summed E-state index contributed by atoms with van der Waals surface area (Å²) < 4.78 is 5.26. The number of carboxylic acid groups (broad SMARTS) is 1. The van der Waals surface area contributed by atoms with Crippen molar-refractivity contribution in [3.05, 3.63) is 0 Å². The molecule has 1 aliphatic carbocycles. The summed E-state index contributed by atoms with van der Waals surface area (Å²) in [5, 5.41) is 14.4. The second kappa shape index (κ2) is 6.90. The zero-order valence-electron chi connectivity index (χ0n) is 11.7. The number of rotatable bonds is 7. The largest absolute Gasteiger partial charge is 0.481 e. The van der Waals surface area contributed by atoms with Gasteiger partial charge in [0.05, 0.1) is 18.6 Å². The predicted octanol–water partition coefficient (Wildman–Crippen LogP) is -0.127. The summed E-state index contributed by atoms with van der Waals surface area (Å²) in [7, 11) is 0. The Morgan fingerprint density at radius 1 is 1.20 bits per heavy atom. The van der Waals surface area contributed by atoms with Crippen LogP contribution in [0.1, 0.15) is 19.3 Å². The molecule has 0 aromatic heterocycles. The number of nitrogens with zero attached hydrogens (tertiary/aromatic N) is 1. The summed E-state index contributed by atoms with van der Waals surface area (Å²) in [4.78, 5) is 24.8. The van der Waals surface area contributed by atoms with Gasteiger partial charge in [-0.15, -0.1) is 0 Å². The number of carbonyl (C=O) groups is 2. The first-order valence-corrected chi connectivity index (χ1v) is 7.18. The molecule has 0 radical (unpaired) electrons. The van der Waals surface area contributed by atoms with E-state index >= 15 is 0 Å². The van der Waals surface area contributed by atoms with Crippen LogP contribution in [-0.4, -0.2) is 67.9 Å². The van der Waals surface area contributed by atoms with E-state index in [1.807, 2.05) is 0 Å². The van der Waals surface area contributed by atoms with E-state index in [1.165, 1.54) is 0 Å². The first-order valence-electron chi connectivity index (χ1n) is 7.18. The van der Waals surface area contributed by atoms with Crippen molar-refractivity contribution >= 4 is 12.0 Å². The van der Waals surface area contributed by atoms with E-state index in [-0.39, 0.29) is 12.6 Å². The molecule has 0 atom stereocenters. The van der Waals surface area contributed by atoms with E-state index in [4.69, 9.17) is 9.84 Å². The first kappa shape index (κ1) is 15.1. The second-order valence-electron chi connectivity index (χ2n) is 5.50. The smallest absolute Gasteiger partial charge is 0.314 e. The highest BCUT2D eigenvalue weighted by Gasteiger charge is 2.50. The molecule has 3 N–H and O–H groups in total. The van der Waals surface area contributed by atoms with E-state index in [1.54, 1.807) is 0 Å². The molecule has 1 saturated carbocycles. The summed E-state index contributed by atoms with van der Waals surface area (Å²) in [6.07, 6.45) is 2.19. The number of ether oxygens (including phenoxy) is 1. The van der Waals surface area contributed by atoms with E-state index in [0.29, 0.717) is 19.4 Å². The lowest BCUT2D eigenvalue weighted by atomic mass is 10.1. The molecule has 1 heterocycles. The predicted molar refractivity (Wildman–Crippen MR) is 72.6 cm³/mol. The van der Waals surface area contributed by atoms with Gasteiger partial charge in [-0.25, -0.2) is 4.79 Å². The molecule has 0 aromatic carbocycles. The highest BCUT2D eigenvalue weighted by Crippen LogP contribution is 2.45. The van der Waals surface area contributed by atoms with Crippen LogP contribution >= 0.6 is 0 Å². The summed E-state index contributed by atoms with van der Waals surface area (Å²) >= 11 is 0. The Morgan fingerprint density at radius 3 is 2.50 bits per heavy atom. The molecular formula is C13H23N3O4. The molecule has 0 bridgehead atoms. The van der Waals surface area contributed by atoms with Crippen LogP contribution in [0.2, 0.25) is 0 Å². The third kappa shape index (κ3) is 4.35. The number of carbonyl (C=O) groups excluding carboxylic acids is 1. The Morgan fingerprint density at radius 2 is 1.90 bits per heavy atom. The molecule has 7 nitrogen and oxygen atoms in total. The SMILES string of the molecule is O=C(NCCCN1CCOCC1)NCC1(C(=O)O)CC1. The van der Waals surface area contributed by atoms with Crippen molar-refractivity contribution in [2.45, 2.75) is 19.3 Å². The average molecular weight is 285 g/mol. The molecule has 2 aliphatic rings. The number of nitrogens with one attached hydrogen (secondary N) is 2. The van der Waals surface area contributed by atoms with Gasteiger partial charge in [-0.1, -0.05) is 0 Å². The lowest BCUT2D eigenvalue weighted by Crippen LogP contribution is -2.42. The maximum Gasteiger partial charge on any atom is 0.314 e.